The van der Waals surface area contributed by atoms with E-state index in [-0.39, 0.29) is 10.6 Å². The second-order valence-electron chi connectivity index (χ2n) is 6.48. The van der Waals surface area contributed by atoms with Gasteiger partial charge in [-0.05, 0) is 43.4 Å². The van der Waals surface area contributed by atoms with Crippen LogP contribution in [0.25, 0.3) is 22.7 Å². The average Bonchev–Trinajstić information content (AvgIpc) is 3.39. The molecular formula is C17H19N5O2S. The highest BCUT2D eigenvalue weighted by molar-refractivity contribution is 7.91. The number of nitrogens with zero attached hydrogens (tertiary/aromatic N) is 5. The van der Waals surface area contributed by atoms with Crippen LogP contribution in [0.2, 0.25) is 0 Å². The summed E-state index contributed by atoms with van der Waals surface area (Å²) < 4.78 is 27.1. The first-order valence-corrected chi connectivity index (χ1v) is 9.95. The Balaban J connectivity index is 1.97. The van der Waals surface area contributed by atoms with E-state index in [2.05, 4.69) is 20.2 Å². The summed E-state index contributed by atoms with van der Waals surface area (Å²) in [6.07, 6.45) is 3.96. The van der Waals surface area contributed by atoms with E-state index in [0.717, 1.165) is 24.1 Å². The van der Waals surface area contributed by atoms with E-state index in [0.29, 0.717) is 28.6 Å². The lowest BCUT2D eigenvalue weighted by Gasteiger charge is -2.10. The summed E-state index contributed by atoms with van der Waals surface area (Å²) in [5.74, 6) is 0.948. The molecule has 3 heterocycles. The monoisotopic (exact) mass is 357 g/mol. The van der Waals surface area contributed by atoms with E-state index >= 15 is 0 Å². The van der Waals surface area contributed by atoms with Crippen molar-refractivity contribution in [3.63, 3.8) is 0 Å². The van der Waals surface area contributed by atoms with Gasteiger partial charge in [0.05, 0.1) is 16.3 Å². The van der Waals surface area contributed by atoms with Crippen molar-refractivity contribution in [1.82, 2.24) is 24.7 Å². The van der Waals surface area contributed by atoms with Gasteiger partial charge in [-0.25, -0.2) is 13.4 Å². The highest BCUT2D eigenvalue weighted by Gasteiger charge is 2.29. The van der Waals surface area contributed by atoms with Gasteiger partial charge in [0.2, 0.25) is 0 Å². The molecule has 0 aliphatic heterocycles. The highest BCUT2D eigenvalue weighted by Crippen LogP contribution is 2.41. The normalized spacial score (nSPS) is 15.0. The minimum absolute atomic E-state index is 0.0264. The summed E-state index contributed by atoms with van der Waals surface area (Å²) in [5, 5.41) is 8.23. The molecule has 3 aromatic heterocycles. The topological polar surface area (TPSA) is 90.6 Å². The number of pyridine rings is 1. The summed E-state index contributed by atoms with van der Waals surface area (Å²) in [6.45, 7) is 3.49. The van der Waals surface area contributed by atoms with Crippen LogP contribution in [0.15, 0.2) is 23.2 Å². The lowest BCUT2D eigenvalue weighted by molar-refractivity contribution is 0.597. The molecule has 1 fully saturated rings. The van der Waals surface area contributed by atoms with Crippen LogP contribution >= 0.6 is 0 Å². The van der Waals surface area contributed by atoms with Crippen molar-refractivity contribution in [3.05, 3.63) is 29.6 Å². The Morgan fingerprint density at radius 2 is 2.00 bits per heavy atom. The molecule has 4 rings (SSSR count). The molecule has 3 aromatic rings. The first-order chi connectivity index (χ1) is 11.9. The fraction of sp³-hybridized carbons (Fsp3) is 0.412. The molecule has 0 amide bonds. The molecule has 0 radical (unpaired) electrons. The molecule has 0 unspecified atom stereocenters. The lowest BCUT2D eigenvalue weighted by Crippen LogP contribution is -2.09. The summed E-state index contributed by atoms with van der Waals surface area (Å²) in [7, 11) is -1.62. The van der Waals surface area contributed by atoms with Crippen LogP contribution in [0.5, 0.6) is 0 Å². The average molecular weight is 357 g/mol. The fourth-order valence-corrected chi connectivity index (χ4v) is 4.02. The fourth-order valence-electron chi connectivity index (χ4n) is 2.95. The van der Waals surface area contributed by atoms with Crippen molar-refractivity contribution in [3.8, 4) is 11.5 Å². The summed E-state index contributed by atoms with van der Waals surface area (Å²) >= 11 is 0. The van der Waals surface area contributed by atoms with Gasteiger partial charge in [0.15, 0.2) is 21.3 Å². The zero-order chi connectivity index (χ0) is 17.8. The quantitative estimate of drug-likeness (QED) is 0.712. The van der Waals surface area contributed by atoms with Crippen LogP contribution in [0.4, 0.5) is 0 Å². The molecule has 0 N–H and O–H groups in total. The smallest absolute Gasteiger partial charge is 0.182 e. The maximum Gasteiger partial charge on any atom is 0.182 e. The Morgan fingerprint density at radius 1 is 1.24 bits per heavy atom. The van der Waals surface area contributed by atoms with Crippen molar-refractivity contribution in [2.24, 2.45) is 7.05 Å². The van der Waals surface area contributed by atoms with Crippen molar-refractivity contribution < 1.29 is 8.42 Å². The Hall–Kier alpha value is -2.35. The second kappa shape index (κ2) is 5.59. The van der Waals surface area contributed by atoms with Crippen molar-refractivity contribution in [1.29, 1.82) is 0 Å². The van der Waals surface area contributed by atoms with Crippen molar-refractivity contribution >= 4 is 21.0 Å². The maximum atomic E-state index is 12.7. The van der Waals surface area contributed by atoms with Crippen LogP contribution in [-0.2, 0) is 16.9 Å². The molecule has 0 spiro atoms. The van der Waals surface area contributed by atoms with Gasteiger partial charge in [0.25, 0.3) is 0 Å². The zero-order valence-corrected chi connectivity index (χ0v) is 15.2. The van der Waals surface area contributed by atoms with E-state index < -0.39 is 9.84 Å². The molecule has 7 nitrogen and oxygen atoms in total. The van der Waals surface area contributed by atoms with Crippen LogP contribution in [0.3, 0.4) is 0 Å². The molecule has 0 aromatic carbocycles. The molecule has 0 saturated heterocycles. The Bertz CT molecular complexity index is 1080. The number of aryl methyl sites for hydroxylation is 2. The van der Waals surface area contributed by atoms with Gasteiger partial charge in [0, 0.05) is 13.2 Å². The number of aromatic nitrogens is 5. The first-order valence-electron chi connectivity index (χ1n) is 8.30. The predicted molar refractivity (Wildman–Crippen MR) is 94.0 cm³/mol. The van der Waals surface area contributed by atoms with Crippen molar-refractivity contribution in [2.75, 3.05) is 5.75 Å². The number of imidazole rings is 1. The molecular weight excluding hydrogens is 338 g/mol. The summed E-state index contributed by atoms with van der Waals surface area (Å²) in [4.78, 5) is 9.32. The second-order valence-corrected chi connectivity index (χ2v) is 8.73. The lowest BCUT2D eigenvalue weighted by atomic mass is 10.2. The van der Waals surface area contributed by atoms with Crippen LogP contribution in [-0.4, -0.2) is 38.9 Å². The van der Waals surface area contributed by atoms with E-state index in [9.17, 15) is 8.42 Å². The van der Waals surface area contributed by atoms with Crippen LogP contribution in [0, 0.1) is 6.92 Å². The Morgan fingerprint density at radius 3 is 2.68 bits per heavy atom. The van der Waals surface area contributed by atoms with E-state index in [1.54, 1.807) is 30.8 Å². The highest BCUT2D eigenvalue weighted by atomic mass is 32.2. The number of rotatable bonds is 4. The van der Waals surface area contributed by atoms with E-state index in [4.69, 9.17) is 0 Å². The van der Waals surface area contributed by atoms with Crippen molar-refractivity contribution in [2.45, 2.75) is 37.5 Å². The van der Waals surface area contributed by atoms with Gasteiger partial charge in [-0.1, -0.05) is 6.92 Å². The number of hydrogen-bond acceptors (Lipinski definition) is 6. The Kier molecular flexibility index (Phi) is 3.61. The SMILES string of the molecule is CCS(=O)(=O)c1cc(C2CC2)cnc1-c1nc2cc(C)nnc2n1C. The molecule has 0 bridgehead atoms. The number of fused-ring (bicyclic) bond motifs is 1. The van der Waals surface area contributed by atoms with Gasteiger partial charge >= 0.3 is 0 Å². The third-order valence-corrected chi connectivity index (χ3v) is 6.33. The van der Waals surface area contributed by atoms with E-state index in [1.807, 2.05) is 13.0 Å². The van der Waals surface area contributed by atoms with Crippen LogP contribution in [0.1, 0.15) is 36.9 Å². The third-order valence-electron chi connectivity index (χ3n) is 4.59. The maximum absolute atomic E-state index is 12.7. The van der Waals surface area contributed by atoms with E-state index in [1.165, 1.54) is 0 Å². The molecule has 8 heteroatoms. The van der Waals surface area contributed by atoms with Gasteiger partial charge < -0.3 is 4.57 Å². The third kappa shape index (κ3) is 2.70. The molecule has 1 aliphatic carbocycles. The van der Waals surface area contributed by atoms with Crippen LogP contribution < -0.4 is 0 Å². The molecule has 25 heavy (non-hydrogen) atoms. The van der Waals surface area contributed by atoms with Gasteiger partial charge in [-0.15, -0.1) is 5.10 Å². The Labute approximate surface area is 146 Å². The minimum Gasteiger partial charge on any atom is -0.309 e. The number of sulfone groups is 1. The largest absolute Gasteiger partial charge is 0.309 e. The summed E-state index contributed by atoms with van der Waals surface area (Å²) in [6, 6.07) is 3.60. The zero-order valence-electron chi connectivity index (χ0n) is 14.4. The predicted octanol–water partition coefficient (Wildman–Crippen LogP) is 2.40. The molecule has 0 atom stereocenters. The first kappa shape index (κ1) is 16.1. The molecule has 1 saturated carbocycles. The van der Waals surface area contributed by atoms with Gasteiger partial charge in [-0.3, -0.25) is 4.98 Å². The van der Waals surface area contributed by atoms with Gasteiger partial charge in [-0.2, -0.15) is 5.10 Å². The van der Waals surface area contributed by atoms with Gasteiger partial charge in [0.1, 0.15) is 11.2 Å². The molecule has 130 valence electrons. The standard InChI is InChI=1S/C17H19N5O2S/c1-4-25(23,24)14-8-12(11-5-6-11)9-18-15(14)17-19-13-7-10(2)20-21-16(13)22(17)3/h7-9,11H,4-6H2,1-3H3. The summed E-state index contributed by atoms with van der Waals surface area (Å²) in [5.41, 5.74) is 3.41. The minimum atomic E-state index is -3.42. The number of hydrogen-bond donors (Lipinski definition) is 0. The molecule has 1 aliphatic rings.